The summed E-state index contributed by atoms with van der Waals surface area (Å²) in [6.07, 6.45) is 0.860. The quantitative estimate of drug-likeness (QED) is 0.388. The molecule has 0 aliphatic carbocycles. The van der Waals surface area contributed by atoms with Crippen molar-refractivity contribution < 1.29 is 126 Å². The van der Waals surface area contributed by atoms with Crippen molar-refractivity contribution in [2.24, 2.45) is 5.92 Å². The van der Waals surface area contributed by atoms with E-state index in [9.17, 15) is 4.79 Å². The standard InChI is InChI=1S/C16H25N2O2.C2H6.2Rb/c1-14(2)11-17-9-6-10-20-13-16(19)18-12-15-7-4-3-5-8-15;1-2;;/h3-5,7-8,14H,6,9-13H2,1-2H3,(H,18,19);1-2H3;;/q-1;;2*+1/p-1. The molecule has 1 aromatic rings. The summed E-state index contributed by atoms with van der Waals surface area (Å²) in [4.78, 5) is 11.5. The summed E-state index contributed by atoms with van der Waals surface area (Å²) in [5, 5.41) is 8.34. The molecule has 0 spiro atoms. The maximum atomic E-state index is 11.5. The van der Waals surface area contributed by atoms with Gasteiger partial charge in [0.25, 0.3) is 0 Å². The topological polar surface area (TPSA) is 54.5 Å². The van der Waals surface area contributed by atoms with Gasteiger partial charge in [-0.15, -0.1) is 19.6 Å². The molecule has 24 heavy (non-hydrogen) atoms. The molecule has 0 saturated heterocycles. The van der Waals surface area contributed by atoms with Crippen molar-refractivity contribution in [2.45, 2.75) is 40.7 Å². The molecule has 0 atom stereocenters. The minimum absolute atomic E-state index is 0. The second kappa shape index (κ2) is 23.3. The third kappa shape index (κ3) is 20.5. The molecule has 0 fully saturated rings. The number of benzene rings is 1. The van der Waals surface area contributed by atoms with Gasteiger partial charge in [0.05, 0.1) is 12.5 Å². The van der Waals surface area contributed by atoms with Crippen LogP contribution in [-0.4, -0.2) is 32.2 Å². The monoisotopic (exact) mass is 476 g/mol. The van der Waals surface area contributed by atoms with E-state index in [0.717, 1.165) is 25.1 Å². The number of rotatable bonds is 10. The van der Waals surface area contributed by atoms with Crippen LogP contribution in [0.2, 0.25) is 0 Å². The SMILES string of the molecule is CC.CC(C)C[N-]CCCOCC(=O)[N-]Cc1ccccc1.[Rb+].[Rb+]. The fraction of sp³-hybridized carbons (Fsp3) is 0.611. The maximum Gasteiger partial charge on any atom is 1.00 e. The zero-order chi connectivity index (χ0) is 16.6. The Morgan fingerprint density at radius 2 is 1.75 bits per heavy atom. The van der Waals surface area contributed by atoms with Gasteiger partial charge in [-0.25, -0.2) is 0 Å². The van der Waals surface area contributed by atoms with E-state index in [2.05, 4.69) is 24.5 Å². The maximum absolute atomic E-state index is 11.5. The predicted octanol–water partition coefficient (Wildman–Crippen LogP) is -1.44. The first-order valence-corrected chi connectivity index (χ1v) is 8.13. The van der Waals surface area contributed by atoms with Gasteiger partial charge in [0.1, 0.15) is 0 Å². The number of amides is 1. The molecule has 0 saturated carbocycles. The number of carbonyl (C=O) groups is 1. The predicted molar refractivity (Wildman–Crippen MR) is 93.2 cm³/mol. The molecule has 4 nitrogen and oxygen atoms in total. The molecule has 1 amide bonds. The Morgan fingerprint density at radius 1 is 1.12 bits per heavy atom. The number of ether oxygens (including phenoxy) is 1. The Bertz CT molecular complexity index is 377. The van der Waals surface area contributed by atoms with Gasteiger partial charge >= 0.3 is 116 Å². The van der Waals surface area contributed by atoms with Crippen molar-refractivity contribution in [1.29, 1.82) is 0 Å². The molecular formula is C18H30N2O2Rb2. The second-order valence-corrected chi connectivity index (χ2v) is 5.13. The van der Waals surface area contributed by atoms with Crippen molar-refractivity contribution in [1.82, 2.24) is 0 Å². The molecule has 6 heteroatoms. The van der Waals surface area contributed by atoms with Crippen LogP contribution in [0.3, 0.4) is 0 Å². The first-order valence-electron chi connectivity index (χ1n) is 8.13. The minimum Gasteiger partial charge on any atom is -0.662 e. The average Bonchev–Trinajstić information content (AvgIpc) is 2.54. The summed E-state index contributed by atoms with van der Waals surface area (Å²) in [5.41, 5.74) is 1.04. The third-order valence-electron chi connectivity index (χ3n) is 2.61. The number of nitrogens with zero attached hydrogens (tertiary/aromatic N) is 2. The summed E-state index contributed by atoms with van der Waals surface area (Å²) < 4.78 is 5.29. The molecule has 0 bridgehead atoms. The van der Waals surface area contributed by atoms with Crippen LogP contribution in [0.25, 0.3) is 10.6 Å². The Hall–Kier alpha value is 2.22. The van der Waals surface area contributed by atoms with Crippen LogP contribution >= 0.6 is 0 Å². The third-order valence-corrected chi connectivity index (χ3v) is 2.61. The van der Waals surface area contributed by atoms with E-state index in [-0.39, 0.29) is 129 Å². The Morgan fingerprint density at radius 3 is 2.33 bits per heavy atom. The largest absolute Gasteiger partial charge is 1.00 e. The molecule has 0 aromatic heterocycles. The van der Waals surface area contributed by atoms with Gasteiger partial charge in [-0.2, -0.15) is 0 Å². The normalized spacial score (nSPS) is 9.21. The molecule has 0 N–H and O–H groups in total. The van der Waals surface area contributed by atoms with Gasteiger partial charge in [-0.3, -0.25) is 0 Å². The molecule has 0 radical (unpaired) electrons. The Labute approximate surface area is 246 Å². The number of carbonyl (C=O) groups excluding carboxylic acids is 1. The zero-order valence-electron chi connectivity index (χ0n) is 16.4. The van der Waals surface area contributed by atoms with Crippen LogP contribution < -0.4 is 116 Å². The molecular weight excluding hydrogens is 447 g/mol. The van der Waals surface area contributed by atoms with Gasteiger partial charge in [-0.1, -0.05) is 69.5 Å². The summed E-state index contributed by atoms with van der Waals surface area (Å²) in [5.74, 6) is 0.405. The zero-order valence-corrected chi connectivity index (χ0v) is 26.2. The van der Waals surface area contributed by atoms with Crippen molar-refractivity contribution in [2.75, 3.05) is 26.3 Å². The van der Waals surface area contributed by atoms with Gasteiger partial charge in [-0.05, 0) is 6.42 Å². The van der Waals surface area contributed by atoms with Gasteiger partial charge in [0, 0.05) is 6.61 Å². The van der Waals surface area contributed by atoms with Crippen molar-refractivity contribution >= 4 is 5.91 Å². The minimum atomic E-state index is -0.201. The van der Waals surface area contributed by atoms with Gasteiger partial charge in [0.2, 0.25) is 0 Å². The summed E-state index contributed by atoms with van der Waals surface area (Å²) >= 11 is 0. The van der Waals surface area contributed by atoms with Crippen molar-refractivity contribution in [3.63, 3.8) is 0 Å². The van der Waals surface area contributed by atoms with Crippen LogP contribution in [-0.2, 0) is 16.1 Å². The Kier molecular flexibility index (Phi) is 30.0. The van der Waals surface area contributed by atoms with Crippen molar-refractivity contribution in [3.05, 3.63) is 46.5 Å². The van der Waals surface area contributed by atoms with E-state index in [4.69, 9.17) is 4.74 Å². The van der Waals surface area contributed by atoms with E-state index >= 15 is 0 Å². The van der Waals surface area contributed by atoms with E-state index in [1.54, 1.807) is 0 Å². The summed E-state index contributed by atoms with van der Waals surface area (Å²) in [6, 6.07) is 9.72. The first-order chi connectivity index (χ1) is 10.7. The molecule has 126 valence electrons. The van der Waals surface area contributed by atoms with Crippen LogP contribution in [0.4, 0.5) is 0 Å². The van der Waals surface area contributed by atoms with Crippen molar-refractivity contribution in [3.8, 4) is 0 Å². The molecule has 0 aliphatic heterocycles. The summed E-state index contributed by atoms with van der Waals surface area (Å²) in [6.45, 7) is 11.0. The molecule has 0 unspecified atom stereocenters. The second-order valence-electron chi connectivity index (χ2n) is 5.13. The fourth-order valence-corrected chi connectivity index (χ4v) is 1.60. The molecule has 1 rings (SSSR count). The van der Waals surface area contributed by atoms with E-state index < -0.39 is 0 Å². The molecule has 0 aliphatic rings. The van der Waals surface area contributed by atoms with Crippen LogP contribution in [0.5, 0.6) is 0 Å². The molecule has 1 aromatic carbocycles. The molecule has 0 heterocycles. The van der Waals surface area contributed by atoms with Crippen LogP contribution in [0, 0.1) is 5.92 Å². The smallest absolute Gasteiger partial charge is 0.662 e. The van der Waals surface area contributed by atoms with E-state index in [1.807, 2.05) is 44.2 Å². The van der Waals surface area contributed by atoms with Gasteiger partial charge in [0.15, 0.2) is 0 Å². The van der Waals surface area contributed by atoms with Crippen LogP contribution in [0.15, 0.2) is 30.3 Å². The van der Waals surface area contributed by atoms with E-state index in [1.165, 1.54) is 0 Å². The first kappa shape index (κ1) is 30.9. The Balaban J connectivity index is -0.00000106. The summed E-state index contributed by atoms with van der Waals surface area (Å²) in [7, 11) is 0. The number of hydrogen-bond donors (Lipinski definition) is 0. The average molecular weight is 477 g/mol. The van der Waals surface area contributed by atoms with Gasteiger partial charge < -0.3 is 20.2 Å². The van der Waals surface area contributed by atoms with E-state index in [0.29, 0.717) is 19.1 Å². The number of hydrogen-bond acceptors (Lipinski definition) is 2. The fourth-order valence-electron chi connectivity index (χ4n) is 1.60. The van der Waals surface area contributed by atoms with Crippen LogP contribution in [0.1, 0.15) is 39.7 Å².